The van der Waals surface area contributed by atoms with Gasteiger partial charge in [0.05, 0.1) is 11.1 Å². The minimum Gasteiger partial charge on any atom is -0.327 e. The Morgan fingerprint density at radius 1 is 1.20 bits per heavy atom. The first kappa shape index (κ1) is 12.9. The van der Waals surface area contributed by atoms with Crippen LogP contribution in [0.2, 0.25) is 0 Å². The molecule has 2 aromatic carbocycles. The molecule has 20 heavy (non-hydrogen) atoms. The largest absolute Gasteiger partial charge is 0.327 e. The van der Waals surface area contributed by atoms with Gasteiger partial charge in [-0.2, -0.15) is 5.26 Å². The number of hydrogen-bond donors (Lipinski definition) is 0. The Bertz CT molecular complexity index is 856. The van der Waals surface area contributed by atoms with Crippen LogP contribution in [-0.2, 0) is 7.05 Å². The van der Waals surface area contributed by atoms with Gasteiger partial charge < -0.3 is 4.57 Å². The first-order chi connectivity index (χ1) is 9.63. The lowest BCUT2D eigenvalue weighted by Gasteiger charge is -2.07. The molecule has 0 radical (unpaired) electrons. The topological polar surface area (TPSA) is 41.6 Å². The fourth-order valence-electron chi connectivity index (χ4n) is 2.40. The van der Waals surface area contributed by atoms with Gasteiger partial charge in [-0.05, 0) is 30.7 Å². The monoisotopic (exact) mass is 325 g/mol. The summed E-state index contributed by atoms with van der Waals surface area (Å²) < 4.78 is 3.09. The lowest BCUT2D eigenvalue weighted by Crippen LogP contribution is -1.94. The molecule has 0 spiro atoms. The molecule has 0 N–H and O–H groups in total. The van der Waals surface area contributed by atoms with Crippen LogP contribution < -0.4 is 0 Å². The number of halogens is 1. The molecule has 98 valence electrons. The summed E-state index contributed by atoms with van der Waals surface area (Å²) in [5, 5.41) is 9.20. The van der Waals surface area contributed by atoms with Crippen molar-refractivity contribution in [1.29, 1.82) is 5.26 Å². The average molecular weight is 326 g/mol. The van der Waals surface area contributed by atoms with Gasteiger partial charge in [-0.15, -0.1) is 0 Å². The van der Waals surface area contributed by atoms with Crippen LogP contribution in [0.25, 0.3) is 22.4 Å². The third kappa shape index (κ3) is 1.83. The van der Waals surface area contributed by atoms with Gasteiger partial charge in [0.2, 0.25) is 0 Å². The van der Waals surface area contributed by atoms with E-state index in [2.05, 4.69) is 33.9 Å². The summed E-state index contributed by atoms with van der Waals surface area (Å²) >= 11 is 3.55. The number of nitriles is 1. The molecular weight excluding hydrogens is 314 g/mol. The molecule has 0 aliphatic heterocycles. The summed E-state index contributed by atoms with van der Waals surface area (Å²) in [5.41, 5.74) is 4.55. The lowest BCUT2D eigenvalue weighted by atomic mass is 10.1. The van der Waals surface area contributed by atoms with Crippen molar-refractivity contribution in [2.45, 2.75) is 6.92 Å². The summed E-state index contributed by atoms with van der Waals surface area (Å²) in [6.07, 6.45) is 0. The number of hydrogen-bond acceptors (Lipinski definition) is 2. The zero-order chi connectivity index (χ0) is 14.3. The Hall–Kier alpha value is -2.12. The van der Waals surface area contributed by atoms with E-state index in [-0.39, 0.29) is 0 Å². The van der Waals surface area contributed by atoms with Crippen LogP contribution in [0, 0.1) is 18.3 Å². The third-order valence-corrected chi connectivity index (χ3v) is 4.40. The normalized spacial score (nSPS) is 10.7. The Labute approximate surface area is 125 Å². The van der Waals surface area contributed by atoms with Crippen molar-refractivity contribution in [1.82, 2.24) is 9.55 Å². The average Bonchev–Trinajstić information content (AvgIpc) is 2.79. The second kappa shape index (κ2) is 4.77. The number of benzene rings is 2. The number of nitrogens with zero attached hydrogens (tertiary/aromatic N) is 3. The second-order valence-corrected chi connectivity index (χ2v) is 5.55. The van der Waals surface area contributed by atoms with Gasteiger partial charge in [0.1, 0.15) is 17.4 Å². The summed E-state index contributed by atoms with van der Waals surface area (Å²) in [4.78, 5) is 4.67. The van der Waals surface area contributed by atoms with Crippen LogP contribution in [0.3, 0.4) is 0 Å². The standard InChI is InChI=1S/C16H12BrN3/c1-10-12(6-4-7-13(10)17)16-19-15-11(9-18)5-3-8-14(15)20(16)2/h3-8H,1-2H3. The Balaban J connectivity index is 2.36. The molecule has 3 aromatic rings. The van der Waals surface area contributed by atoms with Gasteiger partial charge in [0.25, 0.3) is 0 Å². The van der Waals surface area contributed by atoms with E-state index in [0.29, 0.717) is 5.56 Å². The molecule has 3 nitrogen and oxygen atoms in total. The van der Waals surface area contributed by atoms with E-state index < -0.39 is 0 Å². The predicted octanol–water partition coefficient (Wildman–Crippen LogP) is 4.18. The first-order valence-corrected chi connectivity index (χ1v) is 7.04. The SMILES string of the molecule is Cc1c(Br)cccc1-c1nc2c(C#N)cccc2n1C. The molecule has 0 aliphatic rings. The van der Waals surface area contributed by atoms with E-state index in [1.807, 2.05) is 41.9 Å². The van der Waals surface area contributed by atoms with Crippen molar-refractivity contribution in [2.75, 3.05) is 0 Å². The maximum absolute atomic E-state index is 9.20. The highest BCUT2D eigenvalue weighted by molar-refractivity contribution is 9.10. The molecule has 1 heterocycles. The van der Waals surface area contributed by atoms with Gasteiger partial charge in [0.15, 0.2) is 0 Å². The molecule has 3 rings (SSSR count). The van der Waals surface area contributed by atoms with Gasteiger partial charge in [0, 0.05) is 17.1 Å². The predicted molar refractivity (Wildman–Crippen MR) is 83.3 cm³/mol. The quantitative estimate of drug-likeness (QED) is 0.673. The summed E-state index contributed by atoms with van der Waals surface area (Å²) in [6.45, 7) is 2.06. The van der Waals surface area contributed by atoms with E-state index in [4.69, 9.17) is 0 Å². The smallest absolute Gasteiger partial charge is 0.141 e. The highest BCUT2D eigenvalue weighted by atomic mass is 79.9. The van der Waals surface area contributed by atoms with E-state index in [9.17, 15) is 5.26 Å². The number of fused-ring (bicyclic) bond motifs is 1. The third-order valence-electron chi connectivity index (χ3n) is 3.54. The molecule has 0 amide bonds. The van der Waals surface area contributed by atoms with Crippen LogP contribution >= 0.6 is 15.9 Å². The van der Waals surface area contributed by atoms with Crippen molar-refractivity contribution in [3.8, 4) is 17.5 Å². The zero-order valence-corrected chi connectivity index (χ0v) is 12.8. The molecule has 0 bridgehead atoms. The number of aromatic nitrogens is 2. The Morgan fingerprint density at radius 3 is 2.70 bits per heavy atom. The van der Waals surface area contributed by atoms with E-state index in [0.717, 1.165) is 32.5 Å². The zero-order valence-electron chi connectivity index (χ0n) is 11.2. The highest BCUT2D eigenvalue weighted by Gasteiger charge is 2.14. The Morgan fingerprint density at radius 2 is 1.95 bits per heavy atom. The van der Waals surface area contributed by atoms with Crippen molar-refractivity contribution in [3.05, 3.63) is 52.0 Å². The van der Waals surface area contributed by atoms with Crippen LogP contribution in [0.5, 0.6) is 0 Å². The molecule has 0 fully saturated rings. The number of rotatable bonds is 1. The number of imidazole rings is 1. The lowest BCUT2D eigenvalue weighted by molar-refractivity contribution is 0.957. The molecule has 0 atom stereocenters. The summed E-state index contributed by atoms with van der Waals surface area (Å²) in [5.74, 6) is 0.876. The molecule has 4 heteroatoms. The summed E-state index contributed by atoms with van der Waals surface area (Å²) in [6, 6.07) is 13.9. The molecular formula is C16H12BrN3. The second-order valence-electron chi connectivity index (χ2n) is 4.69. The van der Waals surface area contributed by atoms with E-state index >= 15 is 0 Å². The maximum Gasteiger partial charge on any atom is 0.141 e. The van der Waals surface area contributed by atoms with Gasteiger partial charge in [-0.3, -0.25) is 0 Å². The van der Waals surface area contributed by atoms with E-state index in [1.54, 1.807) is 6.07 Å². The number of para-hydroxylation sites is 1. The van der Waals surface area contributed by atoms with Crippen LogP contribution in [-0.4, -0.2) is 9.55 Å². The first-order valence-electron chi connectivity index (χ1n) is 6.24. The van der Waals surface area contributed by atoms with Crippen LogP contribution in [0.15, 0.2) is 40.9 Å². The minimum atomic E-state index is 0.608. The summed E-state index contributed by atoms with van der Waals surface area (Å²) in [7, 11) is 1.98. The van der Waals surface area contributed by atoms with Crippen molar-refractivity contribution in [2.24, 2.45) is 7.05 Å². The molecule has 0 saturated carbocycles. The molecule has 0 saturated heterocycles. The minimum absolute atomic E-state index is 0.608. The Kier molecular flexibility index (Phi) is 3.07. The van der Waals surface area contributed by atoms with Gasteiger partial charge in [-0.1, -0.05) is 34.1 Å². The number of aryl methyl sites for hydroxylation is 1. The van der Waals surface area contributed by atoms with Crippen molar-refractivity contribution < 1.29 is 0 Å². The fourth-order valence-corrected chi connectivity index (χ4v) is 2.76. The van der Waals surface area contributed by atoms with Gasteiger partial charge in [-0.25, -0.2) is 4.98 Å². The van der Waals surface area contributed by atoms with Crippen LogP contribution in [0.4, 0.5) is 0 Å². The highest BCUT2D eigenvalue weighted by Crippen LogP contribution is 2.30. The molecule has 0 aliphatic carbocycles. The van der Waals surface area contributed by atoms with Crippen LogP contribution in [0.1, 0.15) is 11.1 Å². The fraction of sp³-hybridized carbons (Fsp3) is 0.125. The van der Waals surface area contributed by atoms with E-state index in [1.165, 1.54) is 0 Å². The molecule has 1 aromatic heterocycles. The van der Waals surface area contributed by atoms with Crippen molar-refractivity contribution in [3.63, 3.8) is 0 Å². The molecule has 0 unspecified atom stereocenters. The maximum atomic E-state index is 9.20. The van der Waals surface area contributed by atoms with Gasteiger partial charge >= 0.3 is 0 Å². The van der Waals surface area contributed by atoms with Crippen molar-refractivity contribution >= 4 is 27.0 Å².